The van der Waals surface area contributed by atoms with Crippen molar-refractivity contribution in [3.63, 3.8) is 0 Å². The lowest BCUT2D eigenvalue weighted by Crippen LogP contribution is -2.30. The summed E-state index contributed by atoms with van der Waals surface area (Å²) in [6, 6.07) is 1.75. The number of amides is 1. The molecule has 0 saturated heterocycles. The molecule has 2 rings (SSSR count). The number of hydrogen-bond acceptors (Lipinski definition) is 3. The Hall–Kier alpha value is -1.62. The highest BCUT2D eigenvalue weighted by atomic mass is 35.5. The van der Waals surface area contributed by atoms with Crippen molar-refractivity contribution < 1.29 is 14.7 Å². The Labute approximate surface area is 128 Å². The van der Waals surface area contributed by atoms with E-state index in [1.54, 1.807) is 12.3 Å². The second kappa shape index (κ2) is 6.43. The van der Waals surface area contributed by atoms with Gasteiger partial charge in [-0.2, -0.15) is 0 Å². The van der Waals surface area contributed by atoms with Gasteiger partial charge in [-0.15, -0.1) is 0 Å². The quantitative estimate of drug-likeness (QED) is 0.837. The lowest BCUT2D eigenvalue weighted by molar-refractivity contribution is -0.145. The first kappa shape index (κ1) is 15.8. The molecule has 1 amide bonds. The minimum Gasteiger partial charge on any atom is -0.481 e. The molecule has 5 nitrogen and oxygen atoms in total. The molecule has 3 atom stereocenters. The molecule has 2 N–H and O–H groups in total. The van der Waals surface area contributed by atoms with Crippen LogP contribution in [0.5, 0.6) is 0 Å². The van der Waals surface area contributed by atoms with Crippen LogP contribution in [0, 0.1) is 24.7 Å². The van der Waals surface area contributed by atoms with E-state index in [4.69, 9.17) is 11.6 Å². The number of carboxylic acid groups (broad SMARTS) is 1. The van der Waals surface area contributed by atoms with Gasteiger partial charge in [-0.3, -0.25) is 9.59 Å². The summed E-state index contributed by atoms with van der Waals surface area (Å²) in [7, 11) is 0. The molecule has 1 aromatic rings. The Bertz CT molecular complexity index is 542. The summed E-state index contributed by atoms with van der Waals surface area (Å²) in [5.74, 6) is -2.03. The fraction of sp³-hybridized carbons (Fsp3) is 0.533. The van der Waals surface area contributed by atoms with Gasteiger partial charge in [0.2, 0.25) is 5.91 Å². The number of halogens is 1. The summed E-state index contributed by atoms with van der Waals surface area (Å²) in [5, 5.41) is 12.3. The van der Waals surface area contributed by atoms with Gasteiger partial charge in [0.1, 0.15) is 0 Å². The molecular weight excluding hydrogens is 292 g/mol. The fourth-order valence-electron chi connectivity index (χ4n) is 2.93. The van der Waals surface area contributed by atoms with Crippen LogP contribution in [0.3, 0.4) is 0 Å². The maximum atomic E-state index is 12.4. The third kappa shape index (κ3) is 3.35. The fourth-order valence-corrected chi connectivity index (χ4v) is 3.18. The Morgan fingerprint density at radius 1 is 1.43 bits per heavy atom. The molecule has 1 aromatic heterocycles. The summed E-state index contributed by atoms with van der Waals surface area (Å²) in [6.07, 6.45) is 3.62. The minimum atomic E-state index is -0.903. The molecule has 6 heteroatoms. The predicted octanol–water partition coefficient (Wildman–Crippen LogP) is 3.12. The zero-order valence-electron chi connectivity index (χ0n) is 12.1. The van der Waals surface area contributed by atoms with E-state index in [9.17, 15) is 14.7 Å². The van der Waals surface area contributed by atoms with Crippen molar-refractivity contribution in [1.29, 1.82) is 0 Å². The Morgan fingerprint density at radius 2 is 2.10 bits per heavy atom. The largest absolute Gasteiger partial charge is 0.481 e. The summed E-state index contributed by atoms with van der Waals surface area (Å²) in [4.78, 5) is 27.7. The number of nitrogens with one attached hydrogen (secondary N) is 1. The molecule has 0 aromatic carbocycles. The number of aryl methyl sites for hydroxylation is 1. The Kier molecular flexibility index (Phi) is 4.83. The summed E-state index contributed by atoms with van der Waals surface area (Å²) >= 11 is 5.99. The predicted molar refractivity (Wildman–Crippen MR) is 80.2 cm³/mol. The van der Waals surface area contributed by atoms with Crippen molar-refractivity contribution in [3.8, 4) is 0 Å². The minimum absolute atomic E-state index is 0.222. The highest BCUT2D eigenvalue weighted by molar-refractivity contribution is 6.32. The van der Waals surface area contributed by atoms with Crippen molar-refractivity contribution in [1.82, 2.24) is 4.98 Å². The number of carbonyl (C=O) groups excluding carboxylic acids is 1. The van der Waals surface area contributed by atoms with E-state index in [1.807, 2.05) is 13.8 Å². The van der Waals surface area contributed by atoms with Crippen LogP contribution in [0.15, 0.2) is 12.3 Å². The van der Waals surface area contributed by atoms with Crippen molar-refractivity contribution in [2.75, 3.05) is 5.32 Å². The molecule has 0 spiro atoms. The second-order valence-corrected chi connectivity index (χ2v) is 5.94. The van der Waals surface area contributed by atoms with Gasteiger partial charge in [-0.1, -0.05) is 24.9 Å². The van der Waals surface area contributed by atoms with Crippen LogP contribution in [0.4, 0.5) is 5.69 Å². The van der Waals surface area contributed by atoms with Crippen molar-refractivity contribution in [2.45, 2.75) is 33.1 Å². The van der Waals surface area contributed by atoms with Gasteiger partial charge >= 0.3 is 5.97 Å². The van der Waals surface area contributed by atoms with Gasteiger partial charge < -0.3 is 10.4 Å². The molecule has 1 aliphatic rings. The van der Waals surface area contributed by atoms with Crippen LogP contribution in [0.1, 0.15) is 31.7 Å². The third-order valence-corrected chi connectivity index (χ3v) is 4.54. The van der Waals surface area contributed by atoms with Gasteiger partial charge in [0, 0.05) is 6.20 Å². The van der Waals surface area contributed by atoms with Gasteiger partial charge in [0.05, 0.1) is 17.5 Å². The maximum absolute atomic E-state index is 12.4. The summed E-state index contributed by atoms with van der Waals surface area (Å²) in [6.45, 7) is 3.84. The Balaban J connectivity index is 2.17. The number of hydrogen-bond donors (Lipinski definition) is 2. The highest BCUT2D eigenvalue weighted by Gasteiger charge is 2.42. The van der Waals surface area contributed by atoms with E-state index in [1.165, 1.54) is 0 Å². The molecule has 21 heavy (non-hydrogen) atoms. The molecular formula is C15H19ClN2O3. The van der Waals surface area contributed by atoms with Gasteiger partial charge in [-0.05, 0) is 37.3 Å². The van der Waals surface area contributed by atoms with Gasteiger partial charge in [0.25, 0.3) is 0 Å². The van der Waals surface area contributed by atoms with Crippen molar-refractivity contribution in [3.05, 3.63) is 23.0 Å². The van der Waals surface area contributed by atoms with E-state index in [2.05, 4.69) is 10.3 Å². The topological polar surface area (TPSA) is 79.3 Å². The number of nitrogens with zero attached hydrogens (tertiary/aromatic N) is 1. The molecule has 1 saturated carbocycles. The normalized spacial score (nSPS) is 24.8. The maximum Gasteiger partial charge on any atom is 0.307 e. The number of pyridine rings is 1. The number of rotatable bonds is 4. The molecule has 1 aliphatic carbocycles. The monoisotopic (exact) mass is 310 g/mol. The lowest BCUT2D eigenvalue weighted by Gasteiger charge is -2.17. The molecule has 1 heterocycles. The zero-order chi connectivity index (χ0) is 15.6. The van der Waals surface area contributed by atoms with E-state index in [-0.39, 0.29) is 17.0 Å². The zero-order valence-corrected chi connectivity index (χ0v) is 12.9. The molecule has 0 aliphatic heterocycles. The van der Waals surface area contributed by atoms with E-state index in [0.717, 1.165) is 12.0 Å². The van der Waals surface area contributed by atoms with Crippen LogP contribution >= 0.6 is 11.6 Å². The number of aromatic nitrogens is 1. The standard InChI is InChI=1S/C15H19ClN2O3/c1-3-9-6-10(11(7-9)15(20)21)14(19)18-12-8(2)4-5-17-13(12)16/h4-5,9-11H,3,6-7H2,1-2H3,(H,18,19)(H,20,21)/t9?,10-,11+/m0/s1. The number of aliphatic carboxylic acids is 1. The Morgan fingerprint density at radius 3 is 2.67 bits per heavy atom. The average Bonchev–Trinajstić information content (AvgIpc) is 2.87. The smallest absolute Gasteiger partial charge is 0.307 e. The highest BCUT2D eigenvalue weighted by Crippen LogP contribution is 2.39. The lowest BCUT2D eigenvalue weighted by atomic mass is 9.95. The first-order valence-electron chi connectivity index (χ1n) is 7.08. The number of carboxylic acids is 1. The summed E-state index contributed by atoms with van der Waals surface area (Å²) in [5.41, 5.74) is 1.27. The van der Waals surface area contributed by atoms with Crippen LogP contribution in [-0.2, 0) is 9.59 Å². The van der Waals surface area contributed by atoms with Crippen LogP contribution in [0.25, 0.3) is 0 Å². The van der Waals surface area contributed by atoms with E-state index in [0.29, 0.717) is 18.5 Å². The van der Waals surface area contributed by atoms with Crippen molar-refractivity contribution >= 4 is 29.2 Å². The summed E-state index contributed by atoms with van der Waals surface area (Å²) < 4.78 is 0. The van der Waals surface area contributed by atoms with Crippen LogP contribution < -0.4 is 5.32 Å². The molecule has 0 bridgehead atoms. The molecule has 1 fully saturated rings. The molecule has 0 radical (unpaired) electrons. The van der Waals surface area contributed by atoms with E-state index < -0.39 is 17.8 Å². The van der Waals surface area contributed by atoms with E-state index >= 15 is 0 Å². The van der Waals surface area contributed by atoms with Gasteiger partial charge in [0.15, 0.2) is 5.15 Å². The SMILES string of the molecule is CCC1C[C@H](C(=O)Nc2c(C)ccnc2Cl)[C@H](C(=O)O)C1. The number of carbonyl (C=O) groups is 2. The average molecular weight is 311 g/mol. The van der Waals surface area contributed by atoms with Crippen molar-refractivity contribution in [2.24, 2.45) is 17.8 Å². The number of anilines is 1. The molecule has 1 unspecified atom stereocenters. The third-order valence-electron chi connectivity index (χ3n) is 4.25. The van der Waals surface area contributed by atoms with Gasteiger partial charge in [-0.25, -0.2) is 4.98 Å². The van der Waals surface area contributed by atoms with Crippen LogP contribution in [0.2, 0.25) is 5.15 Å². The molecule has 114 valence electrons. The first-order chi connectivity index (χ1) is 9.93. The second-order valence-electron chi connectivity index (χ2n) is 5.58. The van der Waals surface area contributed by atoms with Crippen LogP contribution in [-0.4, -0.2) is 22.0 Å². The first-order valence-corrected chi connectivity index (χ1v) is 7.46.